The minimum atomic E-state index is -0.601. The van der Waals surface area contributed by atoms with Crippen molar-refractivity contribution in [3.8, 4) is 0 Å². The van der Waals surface area contributed by atoms with E-state index in [1.807, 2.05) is 0 Å². The second kappa shape index (κ2) is 5.83. The summed E-state index contributed by atoms with van der Waals surface area (Å²) in [5.74, 6) is 0.386. The normalized spacial score (nSPS) is 10.1. The van der Waals surface area contributed by atoms with E-state index in [0.29, 0.717) is 5.76 Å². The molecular weight excluding hydrogens is 264 g/mol. The molecule has 20 heavy (non-hydrogen) atoms. The molecule has 8 heteroatoms. The van der Waals surface area contributed by atoms with Crippen LogP contribution in [0, 0.1) is 10.1 Å². The average molecular weight is 276 g/mol. The zero-order valence-electron chi connectivity index (χ0n) is 10.6. The summed E-state index contributed by atoms with van der Waals surface area (Å²) in [6, 6.07) is 4.59. The van der Waals surface area contributed by atoms with Crippen LogP contribution in [0.4, 0.5) is 11.5 Å². The highest BCUT2D eigenvalue weighted by atomic mass is 16.6. The lowest BCUT2D eigenvalue weighted by Gasteiger charge is -2.07. The van der Waals surface area contributed by atoms with E-state index < -0.39 is 10.8 Å². The van der Waals surface area contributed by atoms with Crippen molar-refractivity contribution in [2.45, 2.75) is 6.54 Å². The number of carbonyl (C=O) groups is 1. The van der Waals surface area contributed by atoms with Gasteiger partial charge >= 0.3 is 0 Å². The van der Waals surface area contributed by atoms with Gasteiger partial charge in [-0.25, -0.2) is 4.98 Å². The van der Waals surface area contributed by atoms with Gasteiger partial charge in [-0.3, -0.25) is 14.9 Å². The highest BCUT2D eigenvalue weighted by molar-refractivity contribution is 5.99. The van der Waals surface area contributed by atoms with Crippen LogP contribution in [0.1, 0.15) is 16.1 Å². The number of pyridine rings is 1. The largest absolute Gasteiger partial charge is 0.467 e. The van der Waals surface area contributed by atoms with Gasteiger partial charge in [-0.15, -0.1) is 0 Å². The van der Waals surface area contributed by atoms with E-state index in [1.54, 1.807) is 19.2 Å². The van der Waals surface area contributed by atoms with E-state index in [0.717, 1.165) is 6.20 Å². The molecule has 2 N–H and O–H groups in total. The van der Waals surface area contributed by atoms with Crippen LogP contribution in [0.15, 0.2) is 35.1 Å². The summed E-state index contributed by atoms with van der Waals surface area (Å²) in [4.78, 5) is 26.0. The van der Waals surface area contributed by atoms with Gasteiger partial charge in [0, 0.05) is 13.1 Å². The quantitative estimate of drug-likeness (QED) is 0.633. The lowest BCUT2D eigenvalue weighted by Crippen LogP contribution is -2.24. The number of aromatic nitrogens is 1. The fourth-order valence-electron chi connectivity index (χ4n) is 1.60. The van der Waals surface area contributed by atoms with E-state index in [1.165, 1.54) is 12.3 Å². The van der Waals surface area contributed by atoms with Crippen molar-refractivity contribution in [2.24, 2.45) is 0 Å². The van der Waals surface area contributed by atoms with Crippen molar-refractivity contribution < 1.29 is 14.1 Å². The fraction of sp³-hybridized carbons (Fsp3) is 0.167. The van der Waals surface area contributed by atoms with Gasteiger partial charge in [0.25, 0.3) is 11.6 Å². The summed E-state index contributed by atoms with van der Waals surface area (Å²) in [6.45, 7) is 0.192. The van der Waals surface area contributed by atoms with Gasteiger partial charge in [0.05, 0.1) is 23.3 Å². The Morgan fingerprint density at radius 3 is 2.95 bits per heavy atom. The molecular formula is C12H12N4O4. The van der Waals surface area contributed by atoms with Crippen LogP contribution in [0.5, 0.6) is 0 Å². The van der Waals surface area contributed by atoms with E-state index in [2.05, 4.69) is 15.6 Å². The summed E-state index contributed by atoms with van der Waals surface area (Å²) in [6.07, 6.45) is 2.59. The van der Waals surface area contributed by atoms with Crippen molar-refractivity contribution in [1.82, 2.24) is 10.3 Å². The van der Waals surface area contributed by atoms with Crippen LogP contribution in [-0.4, -0.2) is 22.9 Å². The molecule has 8 nitrogen and oxygen atoms in total. The summed E-state index contributed by atoms with van der Waals surface area (Å²) >= 11 is 0. The molecule has 0 bridgehead atoms. The molecule has 0 aliphatic carbocycles. The number of nitrogens with zero attached hydrogens (tertiary/aromatic N) is 2. The van der Waals surface area contributed by atoms with E-state index >= 15 is 0 Å². The summed E-state index contributed by atoms with van der Waals surface area (Å²) in [5, 5.41) is 16.0. The highest BCUT2D eigenvalue weighted by Gasteiger charge is 2.17. The number of hydrogen-bond donors (Lipinski definition) is 2. The number of amides is 1. The van der Waals surface area contributed by atoms with Crippen LogP contribution in [0.3, 0.4) is 0 Å². The molecule has 0 unspecified atom stereocenters. The molecule has 0 aliphatic heterocycles. The molecule has 0 saturated carbocycles. The first-order valence-corrected chi connectivity index (χ1v) is 5.74. The second-order valence-electron chi connectivity index (χ2n) is 3.86. The third-order valence-corrected chi connectivity index (χ3v) is 2.57. The van der Waals surface area contributed by atoms with Gasteiger partial charge in [0.2, 0.25) is 0 Å². The fourth-order valence-corrected chi connectivity index (χ4v) is 1.60. The van der Waals surface area contributed by atoms with Crippen molar-refractivity contribution >= 4 is 17.4 Å². The smallest absolute Gasteiger partial charge is 0.288 e. The molecule has 2 aromatic heterocycles. The van der Waals surface area contributed by atoms with Crippen LogP contribution in [0.25, 0.3) is 0 Å². The third-order valence-electron chi connectivity index (χ3n) is 2.57. The Morgan fingerprint density at radius 2 is 2.35 bits per heavy atom. The highest BCUT2D eigenvalue weighted by Crippen LogP contribution is 2.18. The third kappa shape index (κ3) is 2.91. The lowest BCUT2D eigenvalue weighted by molar-refractivity contribution is -0.385. The number of nitro groups is 1. The van der Waals surface area contributed by atoms with Crippen molar-refractivity contribution in [3.63, 3.8) is 0 Å². The van der Waals surface area contributed by atoms with E-state index in [9.17, 15) is 14.9 Å². The minimum absolute atomic E-state index is 0.105. The molecule has 0 saturated heterocycles. The van der Waals surface area contributed by atoms with Gasteiger partial charge in [-0.2, -0.15) is 0 Å². The van der Waals surface area contributed by atoms with Crippen LogP contribution in [0.2, 0.25) is 0 Å². The number of rotatable bonds is 5. The Kier molecular flexibility index (Phi) is 3.94. The number of hydrogen-bond acceptors (Lipinski definition) is 6. The minimum Gasteiger partial charge on any atom is -0.467 e. The molecule has 1 amide bonds. The molecule has 0 aromatic carbocycles. The predicted octanol–water partition coefficient (Wildman–Crippen LogP) is 1.55. The summed E-state index contributed by atoms with van der Waals surface area (Å²) in [5.41, 5.74) is -0.139. The Bertz CT molecular complexity index is 624. The first-order valence-electron chi connectivity index (χ1n) is 5.74. The molecule has 2 aromatic rings. The van der Waals surface area contributed by atoms with Gasteiger partial charge in [0.15, 0.2) is 0 Å². The molecule has 0 radical (unpaired) electrons. The van der Waals surface area contributed by atoms with Gasteiger partial charge in [0.1, 0.15) is 17.8 Å². The molecule has 2 rings (SSSR count). The summed E-state index contributed by atoms with van der Waals surface area (Å²) < 4.78 is 5.08. The zero-order chi connectivity index (χ0) is 14.5. The zero-order valence-corrected chi connectivity index (χ0v) is 10.6. The van der Waals surface area contributed by atoms with Gasteiger partial charge < -0.3 is 15.1 Å². The molecule has 0 atom stereocenters. The van der Waals surface area contributed by atoms with Crippen LogP contribution >= 0.6 is 0 Å². The second-order valence-corrected chi connectivity index (χ2v) is 3.86. The van der Waals surface area contributed by atoms with Crippen molar-refractivity contribution in [3.05, 3.63) is 52.1 Å². The first kappa shape index (κ1) is 13.5. The maximum atomic E-state index is 12.0. The maximum absolute atomic E-state index is 12.0. The lowest BCUT2D eigenvalue weighted by atomic mass is 10.2. The van der Waals surface area contributed by atoms with Crippen LogP contribution in [-0.2, 0) is 6.54 Å². The van der Waals surface area contributed by atoms with Crippen molar-refractivity contribution in [2.75, 3.05) is 12.4 Å². The Labute approximate surface area is 114 Å². The first-order chi connectivity index (χ1) is 9.61. The Balaban J connectivity index is 2.18. The standard InChI is InChI=1S/C12H12N4O4/c1-13-11-10(5-8(6-14-11)16(18)19)12(17)15-7-9-3-2-4-20-9/h2-6H,7H2,1H3,(H,13,14)(H,15,17). The molecule has 0 aliphatic rings. The van der Waals surface area contributed by atoms with Gasteiger partial charge in [-0.05, 0) is 12.1 Å². The molecule has 0 spiro atoms. The number of anilines is 1. The monoisotopic (exact) mass is 276 g/mol. The molecule has 104 valence electrons. The van der Waals surface area contributed by atoms with Crippen molar-refractivity contribution in [1.29, 1.82) is 0 Å². The van der Waals surface area contributed by atoms with E-state index in [-0.39, 0.29) is 23.6 Å². The number of nitrogens with one attached hydrogen (secondary N) is 2. The summed E-state index contributed by atoms with van der Waals surface area (Å²) in [7, 11) is 1.58. The van der Waals surface area contributed by atoms with Crippen LogP contribution < -0.4 is 10.6 Å². The van der Waals surface area contributed by atoms with E-state index in [4.69, 9.17) is 4.42 Å². The predicted molar refractivity (Wildman–Crippen MR) is 70.3 cm³/mol. The number of furan rings is 1. The molecule has 0 fully saturated rings. The Hall–Kier alpha value is -2.90. The average Bonchev–Trinajstić information content (AvgIpc) is 2.97. The topological polar surface area (TPSA) is 110 Å². The molecule has 2 heterocycles. The Morgan fingerprint density at radius 1 is 1.55 bits per heavy atom. The van der Waals surface area contributed by atoms with Gasteiger partial charge in [-0.1, -0.05) is 0 Å². The number of carbonyl (C=O) groups excluding carboxylic acids is 1. The SMILES string of the molecule is CNc1ncc([N+](=O)[O-])cc1C(=O)NCc1ccco1. The maximum Gasteiger partial charge on any atom is 0.288 e.